The lowest BCUT2D eigenvalue weighted by Crippen LogP contribution is -2.32. The van der Waals surface area contributed by atoms with Gasteiger partial charge in [0.2, 0.25) is 0 Å². The number of aliphatic hydroxyl groups is 1. The molecule has 1 N–H and O–H groups in total. The molecule has 1 atom stereocenters. The summed E-state index contributed by atoms with van der Waals surface area (Å²) in [6.45, 7) is 5.62. The van der Waals surface area contributed by atoms with Crippen LogP contribution in [0.4, 0.5) is 0 Å². The summed E-state index contributed by atoms with van der Waals surface area (Å²) in [4.78, 5) is 2.18. The summed E-state index contributed by atoms with van der Waals surface area (Å²) in [6.07, 6.45) is 2.25. The molecule has 1 aliphatic rings. The van der Waals surface area contributed by atoms with Gasteiger partial charge in [-0.15, -0.1) is 0 Å². The minimum atomic E-state index is 0.240. The molecular formula is C8H14ClNO. The van der Waals surface area contributed by atoms with E-state index in [1.807, 2.05) is 0 Å². The van der Waals surface area contributed by atoms with Gasteiger partial charge in [0.05, 0.1) is 6.61 Å². The highest BCUT2D eigenvalue weighted by atomic mass is 35.5. The van der Waals surface area contributed by atoms with Crippen LogP contribution >= 0.6 is 11.6 Å². The van der Waals surface area contributed by atoms with E-state index in [1.54, 1.807) is 0 Å². The molecule has 1 aliphatic heterocycles. The average molecular weight is 176 g/mol. The van der Waals surface area contributed by atoms with Crippen molar-refractivity contribution in [3.8, 4) is 0 Å². The number of halogens is 1. The zero-order valence-corrected chi connectivity index (χ0v) is 7.35. The van der Waals surface area contributed by atoms with Crippen LogP contribution in [0.5, 0.6) is 0 Å². The van der Waals surface area contributed by atoms with Crippen LogP contribution in [0.3, 0.4) is 0 Å². The third kappa shape index (κ3) is 2.47. The standard InChI is InChI=1S/C8H14ClNO/c1-7(9)5-10-4-2-3-8(10)6-11/h8,11H,1-6H2/t8-/m1/s1. The maximum atomic E-state index is 8.93. The molecule has 0 aromatic rings. The Morgan fingerprint density at radius 3 is 3.00 bits per heavy atom. The highest BCUT2D eigenvalue weighted by Gasteiger charge is 2.23. The predicted molar refractivity (Wildman–Crippen MR) is 46.7 cm³/mol. The summed E-state index contributed by atoms with van der Waals surface area (Å²) in [5.74, 6) is 0. The highest BCUT2D eigenvalue weighted by Crippen LogP contribution is 2.18. The van der Waals surface area contributed by atoms with E-state index < -0.39 is 0 Å². The largest absolute Gasteiger partial charge is 0.395 e. The summed E-state index contributed by atoms with van der Waals surface area (Å²) >= 11 is 5.66. The number of hydrogen-bond donors (Lipinski definition) is 1. The molecule has 2 nitrogen and oxygen atoms in total. The first-order chi connectivity index (χ1) is 5.24. The molecule has 0 unspecified atom stereocenters. The Bertz CT molecular complexity index is 149. The molecule has 1 rings (SSSR count). The van der Waals surface area contributed by atoms with Crippen LogP contribution in [-0.4, -0.2) is 35.7 Å². The van der Waals surface area contributed by atoms with E-state index in [2.05, 4.69) is 11.5 Å². The summed E-state index contributed by atoms with van der Waals surface area (Å²) in [7, 11) is 0. The molecule has 11 heavy (non-hydrogen) atoms. The van der Waals surface area contributed by atoms with Crippen molar-refractivity contribution < 1.29 is 5.11 Å². The Balaban J connectivity index is 2.37. The molecule has 1 fully saturated rings. The van der Waals surface area contributed by atoms with Crippen molar-refractivity contribution in [3.63, 3.8) is 0 Å². The second-order valence-corrected chi connectivity index (χ2v) is 3.50. The van der Waals surface area contributed by atoms with Crippen molar-refractivity contribution in [1.82, 2.24) is 4.90 Å². The van der Waals surface area contributed by atoms with Gasteiger partial charge in [0.25, 0.3) is 0 Å². The van der Waals surface area contributed by atoms with E-state index in [0.717, 1.165) is 19.4 Å². The van der Waals surface area contributed by atoms with Crippen molar-refractivity contribution in [2.75, 3.05) is 19.7 Å². The monoisotopic (exact) mass is 175 g/mol. The predicted octanol–water partition coefficient (Wildman–Crippen LogP) is 1.20. The van der Waals surface area contributed by atoms with Crippen molar-refractivity contribution in [3.05, 3.63) is 11.6 Å². The first-order valence-corrected chi connectivity index (χ1v) is 4.30. The normalized spacial score (nSPS) is 25.8. The molecule has 0 radical (unpaired) electrons. The first-order valence-electron chi connectivity index (χ1n) is 3.92. The van der Waals surface area contributed by atoms with Crippen LogP contribution < -0.4 is 0 Å². The Morgan fingerprint density at radius 1 is 1.73 bits per heavy atom. The number of hydrogen-bond acceptors (Lipinski definition) is 2. The molecule has 0 amide bonds. The van der Waals surface area contributed by atoms with Gasteiger partial charge in [-0.3, -0.25) is 4.90 Å². The lowest BCUT2D eigenvalue weighted by molar-refractivity contribution is 0.169. The van der Waals surface area contributed by atoms with E-state index in [1.165, 1.54) is 0 Å². The molecule has 0 spiro atoms. The Labute approximate surface area is 72.5 Å². The number of nitrogens with zero attached hydrogens (tertiary/aromatic N) is 1. The zero-order valence-electron chi connectivity index (χ0n) is 6.59. The molecule has 1 saturated heterocycles. The van der Waals surface area contributed by atoms with E-state index in [0.29, 0.717) is 17.6 Å². The third-order valence-corrected chi connectivity index (χ3v) is 2.20. The van der Waals surface area contributed by atoms with Crippen molar-refractivity contribution >= 4 is 11.6 Å². The second kappa shape index (κ2) is 4.10. The smallest absolute Gasteiger partial charge is 0.0587 e. The average Bonchev–Trinajstić information content (AvgIpc) is 2.34. The maximum absolute atomic E-state index is 8.93. The van der Waals surface area contributed by atoms with Gasteiger partial charge in [0.1, 0.15) is 0 Å². The fourth-order valence-corrected chi connectivity index (χ4v) is 1.68. The summed E-state index contributed by atoms with van der Waals surface area (Å²) in [5, 5.41) is 9.59. The molecular weight excluding hydrogens is 162 g/mol. The molecule has 0 aromatic heterocycles. The van der Waals surface area contributed by atoms with Gasteiger partial charge in [0.15, 0.2) is 0 Å². The minimum absolute atomic E-state index is 0.240. The van der Waals surface area contributed by atoms with Crippen LogP contribution in [-0.2, 0) is 0 Å². The highest BCUT2D eigenvalue weighted by molar-refractivity contribution is 6.29. The number of likely N-dealkylation sites (tertiary alicyclic amines) is 1. The van der Waals surface area contributed by atoms with Crippen LogP contribution in [0.2, 0.25) is 0 Å². The lowest BCUT2D eigenvalue weighted by atomic mass is 10.2. The fraction of sp³-hybridized carbons (Fsp3) is 0.750. The first kappa shape index (κ1) is 9.04. The Hall–Kier alpha value is -0.0500. The summed E-state index contributed by atoms with van der Waals surface area (Å²) in [5.41, 5.74) is 0. The molecule has 0 aromatic carbocycles. The summed E-state index contributed by atoms with van der Waals surface area (Å²) < 4.78 is 0. The summed E-state index contributed by atoms with van der Waals surface area (Å²) in [6, 6.07) is 0.311. The van der Waals surface area contributed by atoms with E-state index >= 15 is 0 Å². The quantitative estimate of drug-likeness (QED) is 0.697. The van der Waals surface area contributed by atoms with Gasteiger partial charge < -0.3 is 5.11 Å². The SMILES string of the molecule is C=C(Cl)CN1CCC[C@@H]1CO. The van der Waals surface area contributed by atoms with Crippen LogP contribution in [0, 0.1) is 0 Å². The molecule has 0 bridgehead atoms. The van der Waals surface area contributed by atoms with Crippen LogP contribution in [0.15, 0.2) is 11.6 Å². The third-order valence-electron chi connectivity index (χ3n) is 2.08. The van der Waals surface area contributed by atoms with Crippen molar-refractivity contribution in [1.29, 1.82) is 0 Å². The lowest BCUT2D eigenvalue weighted by Gasteiger charge is -2.21. The second-order valence-electron chi connectivity index (χ2n) is 2.97. The van der Waals surface area contributed by atoms with Crippen molar-refractivity contribution in [2.45, 2.75) is 18.9 Å². The van der Waals surface area contributed by atoms with Crippen LogP contribution in [0.1, 0.15) is 12.8 Å². The molecule has 3 heteroatoms. The Kier molecular flexibility index (Phi) is 3.37. The van der Waals surface area contributed by atoms with E-state index in [-0.39, 0.29) is 6.61 Å². The molecule has 0 saturated carbocycles. The fourth-order valence-electron chi connectivity index (χ4n) is 1.53. The van der Waals surface area contributed by atoms with Crippen LogP contribution in [0.25, 0.3) is 0 Å². The van der Waals surface area contributed by atoms with Gasteiger partial charge in [-0.25, -0.2) is 0 Å². The minimum Gasteiger partial charge on any atom is -0.395 e. The molecule has 0 aliphatic carbocycles. The van der Waals surface area contributed by atoms with Gasteiger partial charge in [-0.05, 0) is 19.4 Å². The number of aliphatic hydroxyl groups excluding tert-OH is 1. The maximum Gasteiger partial charge on any atom is 0.0587 e. The topological polar surface area (TPSA) is 23.5 Å². The van der Waals surface area contributed by atoms with Gasteiger partial charge in [0, 0.05) is 17.6 Å². The van der Waals surface area contributed by atoms with Gasteiger partial charge >= 0.3 is 0 Å². The van der Waals surface area contributed by atoms with Crippen molar-refractivity contribution in [2.24, 2.45) is 0 Å². The molecule has 1 heterocycles. The van der Waals surface area contributed by atoms with Gasteiger partial charge in [-0.2, -0.15) is 0 Å². The van der Waals surface area contributed by atoms with E-state index in [4.69, 9.17) is 16.7 Å². The molecule has 64 valence electrons. The zero-order chi connectivity index (χ0) is 8.27. The van der Waals surface area contributed by atoms with E-state index in [9.17, 15) is 0 Å². The Morgan fingerprint density at radius 2 is 2.45 bits per heavy atom. The number of rotatable bonds is 3. The van der Waals surface area contributed by atoms with Gasteiger partial charge in [-0.1, -0.05) is 18.2 Å².